The molecule has 0 bridgehead atoms. The van der Waals surface area contributed by atoms with E-state index in [-0.39, 0.29) is 5.91 Å². The van der Waals surface area contributed by atoms with Crippen molar-refractivity contribution < 1.29 is 4.79 Å². The smallest absolute Gasteiger partial charge is 0.236 e. The summed E-state index contributed by atoms with van der Waals surface area (Å²) in [6.07, 6.45) is 6.67. The third-order valence-corrected chi connectivity index (χ3v) is 4.53. The highest BCUT2D eigenvalue weighted by Gasteiger charge is 2.20. The van der Waals surface area contributed by atoms with E-state index in [1.165, 1.54) is 31.2 Å². The highest BCUT2D eigenvalue weighted by atomic mass is 16.2. The SMILES string of the molecule is CC1CCCC(CNC(=O)[C@@H](N)CCc2ccccc2)C1. The third-order valence-electron chi connectivity index (χ3n) is 4.53. The molecule has 1 fully saturated rings. The zero-order chi connectivity index (χ0) is 15.1. The van der Waals surface area contributed by atoms with Crippen molar-refractivity contribution in [3.05, 3.63) is 35.9 Å². The summed E-state index contributed by atoms with van der Waals surface area (Å²) in [5.74, 6) is 1.44. The molecule has 0 aliphatic heterocycles. The molecule has 3 atom stereocenters. The maximum Gasteiger partial charge on any atom is 0.236 e. The van der Waals surface area contributed by atoms with Crippen LogP contribution in [-0.2, 0) is 11.2 Å². The normalized spacial score (nSPS) is 23.5. The van der Waals surface area contributed by atoms with Gasteiger partial charge in [0.15, 0.2) is 0 Å². The molecule has 0 radical (unpaired) electrons. The van der Waals surface area contributed by atoms with E-state index in [1.807, 2.05) is 18.2 Å². The molecule has 116 valence electrons. The fourth-order valence-electron chi connectivity index (χ4n) is 3.22. The van der Waals surface area contributed by atoms with Gasteiger partial charge in [-0.2, -0.15) is 0 Å². The molecule has 1 aliphatic carbocycles. The number of nitrogens with two attached hydrogens (primary N) is 1. The van der Waals surface area contributed by atoms with Crippen molar-refractivity contribution >= 4 is 5.91 Å². The molecule has 1 amide bonds. The number of rotatable bonds is 6. The van der Waals surface area contributed by atoms with E-state index in [2.05, 4.69) is 24.4 Å². The van der Waals surface area contributed by atoms with Gasteiger partial charge in [0.25, 0.3) is 0 Å². The fraction of sp³-hybridized carbons (Fsp3) is 0.611. The Hall–Kier alpha value is -1.35. The number of carbonyl (C=O) groups excluding carboxylic acids is 1. The van der Waals surface area contributed by atoms with Gasteiger partial charge in [-0.15, -0.1) is 0 Å². The summed E-state index contributed by atoms with van der Waals surface area (Å²) in [6, 6.07) is 9.80. The summed E-state index contributed by atoms with van der Waals surface area (Å²) in [5.41, 5.74) is 7.23. The van der Waals surface area contributed by atoms with Crippen molar-refractivity contribution in [2.45, 2.75) is 51.5 Å². The van der Waals surface area contributed by atoms with Crippen LogP contribution in [0.15, 0.2) is 30.3 Å². The number of carbonyl (C=O) groups is 1. The van der Waals surface area contributed by atoms with Crippen molar-refractivity contribution in [3.8, 4) is 0 Å². The van der Waals surface area contributed by atoms with Crippen LogP contribution in [0.2, 0.25) is 0 Å². The lowest BCUT2D eigenvalue weighted by atomic mass is 9.82. The van der Waals surface area contributed by atoms with Gasteiger partial charge in [-0.3, -0.25) is 4.79 Å². The maximum atomic E-state index is 12.1. The Balaban J connectivity index is 1.67. The molecule has 1 aromatic rings. The van der Waals surface area contributed by atoms with Crippen LogP contribution in [0.3, 0.4) is 0 Å². The second-order valence-electron chi connectivity index (χ2n) is 6.51. The molecule has 0 aromatic heterocycles. The summed E-state index contributed by atoms with van der Waals surface area (Å²) in [4.78, 5) is 12.1. The molecular weight excluding hydrogens is 260 g/mol. The van der Waals surface area contributed by atoms with Gasteiger partial charge >= 0.3 is 0 Å². The van der Waals surface area contributed by atoms with Crippen LogP contribution in [0.25, 0.3) is 0 Å². The number of nitrogens with one attached hydrogen (secondary N) is 1. The minimum atomic E-state index is -0.397. The molecule has 1 aromatic carbocycles. The topological polar surface area (TPSA) is 55.1 Å². The Bertz CT molecular complexity index is 432. The molecule has 2 unspecified atom stereocenters. The van der Waals surface area contributed by atoms with Gasteiger partial charge in [-0.05, 0) is 43.1 Å². The molecule has 2 rings (SSSR count). The van der Waals surface area contributed by atoms with Gasteiger partial charge in [0.2, 0.25) is 5.91 Å². The van der Waals surface area contributed by atoms with Crippen LogP contribution in [-0.4, -0.2) is 18.5 Å². The predicted octanol–water partition coefficient (Wildman–Crippen LogP) is 2.89. The van der Waals surface area contributed by atoms with E-state index in [1.54, 1.807) is 0 Å². The average molecular weight is 288 g/mol. The zero-order valence-electron chi connectivity index (χ0n) is 13.1. The minimum absolute atomic E-state index is 0.00385. The lowest BCUT2D eigenvalue weighted by Crippen LogP contribution is -2.43. The van der Waals surface area contributed by atoms with E-state index in [0.29, 0.717) is 12.3 Å². The number of hydrogen-bond donors (Lipinski definition) is 2. The van der Waals surface area contributed by atoms with Gasteiger partial charge < -0.3 is 11.1 Å². The second kappa shape index (κ2) is 8.18. The van der Waals surface area contributed by atoms with E-state index < -0.39 is 6.04 Å². The van der Waals surface area contributed by atoms with Gasteiger partial charge in [-0.1, -0.05) is 50.1 Å². The molecule has 0 spiro atoms. The van der Waals surface area contributed by atoms with Crippen molar-refractivity contribution in [1.82, 2.24) is 5.32 Å². The second-order valence-corrected chi connectivity index (χ2v) is 6.51. The summed E-state index contributed by atoms with van der Waals surface area (Å²) in [5, 5.41) is 3.05. The quantitative estimate of drug-likeness (QED) is 0.845. The number of benzene rings is 1. The first-order valence-electron chi connectivity index (χ1n) is 8.22. The lowest BCUT2D eigenvalue weighted by Gasteiger charge is -2.27. The summed E-state index contributed by atoms with van der Waals surface area (Å²) < 4.78 is 0. The van der Waals surface area contributed by atoms with Crippen LogP contribution in [0.1, 0.15) is 44.6 Å². The Kier molecular flexibility index (Phi) is 6.24. The molecule has 3 N–H and O–H groups in total. The average Bonchev–Trinajstić information content (AvgIpc) is 2.51. The highest BCUT2D eigenvalue weighted by Crippen LogP contribution is 2.27. The molecule has 3 heteroatoms. The van der Waals surface area contributed by atoms with Crippen LogP contribution in [0.4, 0.5) is 0 Å². The van der Waals surface area contributed by atoms with E-state index in [4.69, 9.17) is 5.73 Å². The highest BCUT2D eigenvalue weighted by molar-refractivity contribution is 5.81. The van der Waals surface area contributed by atoms with Crippen LogP contribution in [0.5, 0.6) is 0 Å². The monoisotopic (exact) mass is 288 g/mol. The van der Waals surface area contributed by atoms with Crippen LogP contribution < -0.4 is 11.1 Å². The Morgan fingerprint density at radius 3 is 2.81 bits per heavy atom. The van der Waals surface area contributed by atoms with Gasteiger partial charge in [-0.25, -0.2) is 0 Å². The summed E-state index contributed by atoms with van der Waals surface area (Å²) >= 11 is 0. The molecular formula is C18H28N2O. The Morgan fingerprint density at radius 1 is 1.33 bits per heavy atom. The molecule has 1 saturated carbocycles. The van der Waals surface area contributed by atoms with Crippen LogP contribution >= 0.6 is 0 Å². The summed E-state index contributed by atoms with van der Waals surface area (Å²) in [6.45, 7) is 3.10. The van der Waals surface area contributed by atoms with Gasteiger partial charge in [0, 0.05) is 6.54 Å². The molecule has 21 heavy (non-hydrogen) atoms. The molecule has 1 aliphatic rings. The Labute approximate surface area is 128 Å². The summed E-state index contributed by atoms with van der Waals surface area (Å²) in [7, 11) is 0. The van der Waals surface area contributed by atoms with Crippen molar-refractivity contribution in [1.29, 1.82) is 0 Å². The number of amides is 1. The number of hydrogen-bond acceptors (Lipinski definition) is 2. The minimum Gasteiger partial charge on any atom is -0.354 e. The molecule has 0 saturated heterocycles. The zero-order valence-corrected chi connectivity index (χ0v) is 13.1. The van der Waals surface area contributed by atoms with Crippen molar-refractivity contribution in [2.24, 2.45) is 17.6 Å². The van der Waals surface area contributed by atoms with E-state index >= 15 is 0 Å². The Morgan fingerprint density at radius 2 is 2.10 bits per heavy atom. The van der Waals surface area contributed by atoms with Gasteiger partial charge in [0.1, 0.15) is 0 Å². The predicted molar refractivity (Wildman–Crippen MR) is 86.9 cm³/mol. The van der Waals surface area contributed by atoms with E-state index in [9.17, 15) is 4.79 Å². The third kappa shape index (κ3) is 5.50. The standard InChI is InChI=1S/C18H28N2O/c1-14-6-5-9-16(12-14)13-20-18(21)17(19)11-10-15-7-3-2-4-8-15/h2-4,7-8,14,16-17H,5-6,9-13,19H2,1H3,(H,20,21)/t14?,16?,17-/m0/s1. The first-order chi connectivity index (χ1) is 10.1. The van der Waals surface area contributed by atoms with Crippen molar-refractivity contribution in [2.75, 3.05) is 6.54 Å². The first-order valence-corrected chi connectivity index (χ1v) is 8.22. The lowest BCUT2D eigenvalue weighted by molar-refractivity contribution is -0.122. The number of aryl methyl sites for hydroxylation is 1. The van der Waals surface area contributed by atoms with Crippen molar-refractivity contribution in [3.63, 3.8) is 0 Å². The van der Waals surface area contributed by atoms with Crippen LogP contribution in [0, 0.1) is 11.8 Å². The molecule has 0 heterocycles. The largest absolute Gasteiger partial charge is 0.354 e. The van der Waals surface area contributed by atoms with E-state index in [0.717, 1.165) is 18.9 Å². The fourth-order valence-corrected chi connectivity index (χ4v) is 3.22. The maximum absolute atomic E-state index is 12.1. The van der Waals surface area contributed by atoms with Gasteiger partial charge in [0.05, 0.1) is 6.04 Å². The first kappa shape index (κ1) is 16.0. The molecule has 3 nitrogen and oxygen atoms in total.